The number of ether oxygens (including phenoxy) is 1. The minimum Gasteiger partial charge on any atom is -0.380 e. The van der Waals surface area contributed by atoms with E-state index in [9.17, 15) is 0 Å². The van der Waals surface area contributed by atoms with E-state index in [1.54, 1.807) is 7.11 Å². The molecule has 1 fully saturated rings. The van der Waals surface area contributed by atoms with Crippen molar-refractivity contribution in [2.75, 3.05) is 7.11 Å². The van der Waals surface area contributed by atoms with Crippen LogP contribution in [0.25, 0.3) is 0 Å². The number of benzene rings is 1. The molecule has 1 aliphatic rings. The van der Waals surface area contributed by atoms with Crippen LogP contribution in [0.1, 0.15) is 43.2 Å². The van der Waals surface area contributed by atoms with Gasteiger partial charge < -0.3 is 10.1 Å². The lowest BCUT2D eigenvalue weighted by Crippen LogP contribution is -2.30. The number of nitrogens with one attached hydrogen (secondary N) is 1. The van der Waals surface area contributed by atoms with Crippen LogP contribution >= 0.6 is 0 Å². The molecule has 0 heterocycles. The van der Waals surface area contributed by atoms with Crippen LogP contribution in [-0.4, -0.2) is 13.2 Å². The summed E-state index contributed by atoms with van der Waals surface area (Å²) in [5.74, 6) is 0. The van der Waals surface area contributed by atoms with Crippen molar-refractivity contribution in [3.05, 3.63) is 35.4 Å². The number of methoxy groups -OCH3 is 1. The summed E-state index contributed by atoms with van der Waals surface area (Å²) in [7, 11) is 1.73. The quantitative estimate of drug-likeness (QED) is 0.843. The number of hydrogen-bond donors (Lipinski definition) is 1. The molecule has 0 radical (unpaired) electrons. The molecular weight excluding hydrogens is 210 g/mol. The van der Waals surface area contributed by atoms with Gasteiger partial charge in [-0.05, 0) is 24.0 Å². The van der Waals surface area contributed by atoms with Crippen molar-refractivity contribution in [2.24, 2.45) is 0 Å². The van der Waals surface area contributed by atoms with E-state index in [0.717, 1.165) is 12.6 Å². The first-order chi connectivity index (χ1) is 8.38. The van der Waals surface area contributed by atoms with Crippen molar-refractivity contribution >= 4 is 0 Å². The molecule has 0 spiro atoms. The molecule has 1 aromatic carbocycles. The van der Waals surface area contributed by atoms with Crippen LogP contribution in [0.4, 0.5) is 0 Å². The summed E-state index contributed by atoms with van der Waals surface area (Å²) < 4.78 is 5.11. The van der Waals surface area contributed by atoms with Crippen molar-refractivity contribution in [3.63, 3.8) is 0 Å². The Morgan fingerprint density at radius 1 is 1.06 bits per heavy atom. The zero-order valence-corrected chi connectivity index (χ0v) is 10.7. The lowest BCUT2D eigenvalue weighted by Gasteiger charge is -2.22. The monoisotopic (exact) mass is 233 g/mol. The second-order valence-corrected chi connectivity index (χ2v) is 4.97. The van der Waals surface area contributed by atoms with Gasteiger partial charge in [0.1, 0.15) is 0 Å². The van der Waals surface area contributed by atoms with Gasteiger partial charge in [0.15, 0.2) is 0 Å². The lowest BCUT2D eigenvalue weighted by molar-refractivity contribution is 0.185. The standard InChI is InChI=1S/C15H23NO/c1-17-12-14-9-7-13(8-10-14)11-16-15-5-3-2-4-6-15/h7-10,15-16H,2-6,11-12H2,1H3. The molecule has 0 aromatic heterocycles. The highest BCUT2D eigenvalue weighted by Gasteiger charge is 2.11. The fourth-order valence-corrected chi connectivity index (χ4v) is 2.49. The van der Waals surface area contributed by atoms with Crippen LogP contribution in [-0.2, 0) is 17.9 Å². The van der Waals surface area contributed by atoms with Crippen LogP contribution < -0.4 is 5.32 Å². The predicted molar refractivity (Wildman–Crippen MR) is 70.9 cm³/mol. The predicted octanol–water partition coefficient (Wildman–Crippen LogP) is 3.26. The summed E-state index contributed by atoms with van der Waals surface area (Å²) in [6.45, 7) is 1.70. The highest BCUT2D eigenvalue weighted by atomic mass is 16.5. The zero-order chi connectivity index (χ0) is 11.9. The average Bonchev–Trinajstić information content (AvgIpc) is 2.40. The highest BCUT2D eigenvalue weighted by Crippen LogP contribution is 2.17. The fourth-order valence-electron chi connectivity index (χ4n) is 2.49. The van der Waals surface area contributed by atoms with Crippen LogP contribution in [0.5, 0.6) is 0 Å². The molecular formula is C15H23NO. The zero-order valence-electron chi connectivity index (χ0n) is 10.7. The lowest BCUT2D eigenvalue weighted by atomic mass is 9.95. The molecule has 1 saturated carbocycles. The normalized spacial score (nSPS) is 17.2. The molecule has 2 rings (SSSR count). The van der Waals surface area contributed by atoms with E-state index in [-0.39, 0.29) is 0 Å². The van der Waals surface area contributed by atoms with E-state index >= 15 is 0 Å². The fraction of sp³-hybridized carbons (Fsp3) is 0.600. The Hall–Kier alpha value is -0.860. The smallest absolute Gasteiger partial charge is 0.0713 e. The molecule has 2 heteroatoms. The maximum absolute atomic E-state index is 5.11. The minimum absolute atomic E-state index is 0.705. The Balaban J connectivity index is 1.77. The summed E-state index contributed by atoms with van der Waals surface area (Å²) in [5, 5.41) is 3.66. The highest BCUT2D eigenvalue weighted by molar-refractivity contribution is 5.21. The molecule has 1 N–H and O–H groups in total. The molecule has 0 saturated heterocycles. The second-order valence-electron chi connectivity index (χ2n) is 4.97. The first kappa shape index (κ1) is 12.6. The summed E-state index contributed by atoms with van der Waals surface area (Å²) in [6.07, 6.45) is 6.91. The molecule has 0 unspecified atom stereocenters. The summed E-state index contributed by atoms with van der Waals surface area (Å²) >= 11 is 0. The van der Waals surface area contributed by atoms with Gasteiger partial charge in [-0.1, -0.05) is 43.5 Å². The van der Waals surface area contributed by atoms with E-state index in [2.05, 4.69) is 29.6 Å². The summed E-state index contributed by atoms with van der Waals surface area (Å²) in [5.41, 5.74) is 2.62. The van der Waals surface area contributed by atoms with Crippen LogP contribution in [0.3, 0.4) is 0 Å². The number of hydrogen-bond acceptors (Lipinski definition) is 2. The molecule has 2 nitrogen and oxygen atoms in total. The Kier molecular flexibility index (Phi) is 5.02. The molecule has 1 aliphatic carbocycles. The first-order valence-corrected chi connectivity index (χ1v) is 6.68. The topological polar surface area (TPSA) is 21.3 Å². The van der Waals surface area contributed by atoms with E-state index in [4.69, 9.17) is 4.74 Å². The molecule has 17 heavy (non-hydrogen) atoms. The molecule has 0 amide bonds. The summed E-state index contributed by atoms with van der Waals surface area (Å²) in [6, 6.07) is 9.44. The minimum atomic E-state index is 0.705. The summed E-state index contributed by atoms with van der Waals surface area (Å²) in [4.78, 5) is 0. The Labute approximate surface area is 104 Å². The molecule has 1 aromatic rings. The molecule has 0 aliphatic heterocycles. The number of rotatable bonds is 5. The Morgan fingerprint density at radius 3 is 2.35 bits per heavy atom. The van der Waals surface area contributed by atoms with Gasteiger partial charge in [0.25, 0.3) is 0 Å². The van der Waals surface area contributed by atoms with Gasteiger partial charge in [-0.25, -0.2) is 0 Å². The van der Waals surface area contributed by atoms with Crippen molar-refractivity contribution in [1.29, 1.82) is 0 Å². The largest absolute Gasteiger partial charge is 0.380 e. The average molecular weight is 233 g/mol. The van der Waals surface area contributed by atoms with Gasteiger partial charge in [0, 0.05) is 19.7 Å². The van der Waals surface area contributed by atoms with Crippen molar-refractivity contribution in [2.45, 2.75) is 51.3 Å². The molecule has 94 valence electrons. The third-order valence-corrected chi connectivity index (χ3v) is 3.53. The van der Waals surface area contributed by atoms with E-state index in [1.807, 2.05) is 0 Å². The van der Waals surface area contributed by atoms with Gasteiger partial charge in [0.2, 0.25) is 0 Å². The molecule has 0 bridgehead atoms. The van der Waals surface area contributed by atoms with Gasteiger partial charge in [-0.15, -0.1) is 0 Å². The van der Waals surface area contributed by atoms with E-state index < -0.39 is 0 Å². The van der Waals surface area contributed by atoms with Crippen LogP contribution in [0.2, 0.25) is 0 Å². The van der Waals surface area contributed by atoms with Gasteiger partial charge >= 0.3 is 0 Å². The van der Waals surface area contributed by atoms with Gasteiger partial charge in [-0.2, -0.15) is 0 Å². The SMILES string of the molecule is COCc1ccc(CNC2CCCCC2)cc1. The van der Waals surface area contributed by atoms with Crippen molar-refractivity contribution in [1.82, 2.24) is 5.32 Å². The van der Waals surface area contributed by atoms with Crippen LogP contribution in [0, 0.1) is 0 Å². The first-order valence-electron chi connectivity index (χ1n) is 6.68. The third-order valence-electron chi connectivity index (χ3n) is 3.53. The Morgan fingerprint density at radius 2 is 1.71 bits per heavy atom. The second kappa shape index (κ2) is 6.77. The van der Waals surface area contributed by atoms with Gasteiger partial charge in [-0.3, -0.25) is 0 Å². The van der Waals surface area contributed by atoms with E-state index in [1.165, 1.54) is 43.2 Å². The maximum Gasteiger partial charge on any atom is 0.0713 e. The van der Waals surface area contributed by atoms with Crippen molar-refractivity contribution in [3.8, 4) is 0 Å². The van der Waals surface area contributed by atoms with Crippen molar-refractivity contribution < 1.29 is 4.74 Å². The third kappa shape index (κ3) is 4.14. The maximum atomic E-state index is 5.11. The van der Waals surface area contributed by atoms with Gasteiger partial charge in [0.05, 0.1) is 6.61 Å². The molecule has 0 atom stereocenters. The van der Waals surface area contributed by atoms with E-state index in [0.29, 0.717) is 6.61 Å². The van der Waals surface area contributed by atoms with Crippen LogP contribution in [0.15, 0.2) is 24.3 Å². The Bertz CT molecular complexity index is 314.